The van der Waals surface area contributed by atoms with Crippen molar-refractivity contribution in [3.8, 4) is 0 Å². The zero-order chi connectivity index (χ0) is 17.7. The van der Waals surface area contributed by atoms with Crippen LogP contribution >= 0.6 is 0 Å². The Morgan fingerprint density at radius 1 is 1.04 bits per heavy atom. The smallest absolute Gasteiger partial charge is 0.321 e. The molecule has 2 nitrogen and oxygen atoms in total. The average Bonchev–Trinajstić information content (AvgIpc) is 3.23. The van der Waals surface area contributed by atoms with E-state index in [1.165, 1.54) is 16.2 Å². The fraction of sp³-hybridized carbons (Fsp3) is 0.174. The van der Waals surface area contributed by atoms with Crippen molar-refractivity contribution in [3.05, 3.63) is 77.4 Å². The zero-order valence-corrected chi connectivity index (χ0v) is 14.2. The second-order valence-corrected chi connectivity index (χ2v) is 6.85. The third-order valence-electron chi connectivity index (χ3n) is 5.60. The van der Waals surface area contributed by atoms with Crippen LogP contribution in [0, 0.1) is 0 Å². The van der Waals surface area contributed by atoms with Crippen LogP contribution in [0.15, 0.2) is 66.3 Å². The van der Waals surface area contributed by atoms with Crippen molar-refractivity contribution >= 4 is 33.6 Å². The Morgan fingerprint density at radius 3 is 2.77 bits per heavy atom. The van der Waals surface area contributed by atoms with Gasteiger partial charge in [-0.15, -0.1) is 0 Å². The van der Waals surface area contributed by atoms with Crippen LogP contribution in [-0.2, 0) is 14.9 Å². The molecular weight excluding hydrogens is 327 g/mol. The largest absolute Gasteiger partial charge is 0.462 e. The number of alkyl halides is 1. The first-order valence-corrected chi connectivity index (χ1v) is 8.82. The van der Waals surface area contributed by atoms with Gasteiger partial charge in [0.2, 0.25) is 0 Å². The van der Waals surface area contributed by atoms with E-state index in [2.05, 4.69) is 36.4 Å². The summed E-state index contributed by atoms with van der Waals surface area (Å²) in [6.45, 7) is -0.855. The molecule has 5 rings (SSSR count). The van der Waals surface area contributed by atoms with Gasteiger partial charge in [0.05, 0.1) is 0 Å². The summed E-state index contributed by atoms with van der Waals surface area (Å²) in [5.74, 6) is -0.356. The highest BCUT2D eigenvalue weighted by atomic mass is 19.1. The predicted octanol–water partition coefficient (Wildman–Crippen LogP) is 5.10. The molecule has 0 spiro atoms. The number of carbonyl (C=O) groups excluding carboxylic acids is 1. The Kier molecular flexibility index (Phi) is 3.26. The van der Waals surface area contributed by atoms with E-state index >= 15 is 0 Å². The number of benzene rings is 3. The Morgan fingerprint density at radius 2 is 1.88 bits per heavy atom. The van der Waals surface area contributed by atoms with E-state index in [-0.39, 0.29) is 12.6 Å². The number of allylic oxidation sites excluding steroid dienone is 2. The summed E-state index contributed by atoms with van der Waals surface area (Å²) < 4.78 is 17.8. The van der Waals surface area contributed by atoms with Crippen LogP contribution in [-0.4, -0.2) is 19.3 Å². The van der Waals surface area contributed by atoms with Crippen LogP contribution in [0.1, 0.15) is 17.5 Å². The number of esters is 1. The molecule has 0 fully saturated rings. The molecule has 2 aliphatic carbocycles. The minimum Gasteiger partial charge on any atom is -0.462 e. The lowest BCUT2D eigenvalue weighted by Crippen LogP contribution is -2.35. The Hall–Kier alpha value is -2.94. The van der Waals surface area contributed by atoms with E-state index in [0.717, 1.165) is 22.1 Å². The molecular formula is C23H17FO2. The zero-order valence-electron chi connectivity index (χ0n) is 14.2. The number of halogens is 1. The molecule has 0 saturated heterocycles. The monoisotopic (exact) mass is 344 g/mol. The van der Waals surface area contributed by atoms with Gasteiger partial charge >= 0.3 is 5.97 Å². The molecule has 3 heteroatoms. The second-order valence-electron chi connectivity index (χ2n) is 6.85. The van der Waals surface area contributed by atoms with E-state index in [1.54, 1.807) is 0 Å². The molecule has 0 saturated carbocycles. The summed E-state index contributed by atoms with van der Waals surface area (Å²) in [4.78, 5) is 12.8. The predicted molar refractivity (Wildman–Crippen MR) is 102 cm³/mol. The lowest BCUT2D eigenvalue weighted by molar-refractivity contribution is -0.149. The molecule has 3 aromatic carbocycles. The average molecular weight is 344 g/mol. The van der Waals surface area contributed by atoms with Gasteiger partial charge < -0.3 is 4.74 Å². The van der Waals surface area contributed by atoms with Gasteiger partial charge in [0, 0.05) is 0 Å². The van der Waals surface area contributed by atoms with E-state index in [4.69, 9.17) is 4.74 Å². The maximum atomic E-state index is 12.8. The number of ether oxygens (including phenoxy) is 1. The SMILES string of the molecule is O=C(OCCF)C12CC=CC1=Cc1c2ccc2c1ccc1ccccc12. The number of rotatable bonds is 3. The van der Waals surface area contributed by atoms with Gasteiger partial charge in [-0.1, -0.05) is 60.7 Å². The van der Waals surface area contributed by atoms with E-state index in [9.17, 15) is 9.18 Å². The standard InChI is InChI=1S/C23H17FO2/c24-12-13-26-22(25)23-11-3-5-16(23)14-20-19-8-7-15-4-1-2-6-17(15)18(19)9-10-21(20)23/h1-10,14H,11-13H2. The molecule has 0 aromatic heterocycles. The first-order chi connectivity index (χ1) is 12.8. The first-order valence-electron chi connectivity index (χ1n) is 8.82. The van der Waals surface area contributed by atoms with Crippen LogP contribution < -0.4 is 0 Å². The molecule has 0 radical (unpaired) electrons. The molecule has 26 heavy (non-hydrogen) atoms. The van der Waals surface area contributed by atoms with Gasteiger partial charge in [-0.3, -0.25) is 4.79 Å². The van der Waals surface area contributed by atoms with Gasteiger partial charge in [0.1, 0.15) is 18.7 Å². The molecule has 0 bridgehead atoms. The normalized spacial score (nSPS) is 20.3. The van der Waals surface area contributed by atoms with Crippen molar-refractivity contribution in [1.29, 1.82) is 0 Å². The summed E-state index contributed by atoms with van der Waals surface area (Å²) in [5.41, 5.74) is 2.16. The number of hydrogen-bond donors (Lipinski definition) is 0. The molecule has 0 amide bonds. The van der Waals surface area contributed by atoms with Gasteiger partial charge in [0.25, 0.3) is 0 Å². The fourth-order valence-corrected chi connectivity index (χ4v) is 4.42. The molecule has 0 aliphatic heterocycles. The fourth-order valence-electron chi connectivity index (χ4n) is 4.42. The summed E-state index contributed by atoms with van der Waals surface area (Å²) in [6, 6.07) is 16.7. The highest BCUT2D eigenvalue weighted by Crippen LogP contribution is 2.51. The van der Waals surface area contributed by atoms with Crippen LogP contribution in [0.5, 0.6) is 0 Å². The molecule has 0 heterocycles. The lowest BCUT2D eigenvalue weighted by atomic mass is 9.77. The number of carbonyl (C=O) groups is 1. The molecule has 2 aliphatic rings. The molecule has 1 unspecified atom stereocenters. The van der Waals surface area contributed by atoms with Crippen molar-refractivity contribution in [2.45, 2.75) is 11.8 Å². The molecule has 0 N–H and O–H groups in total. The van der Waals surface area contributed by atoms with Gasteiger partial charge in [0.15, 0.2) is 0 Å². The Bertz CT molecular complexity index is 1130. The van der Waals surface area contributed by atoms with Crippen molar-refractivity contribution in [1.82, 2.24) is 0 Å². The minimum atomic E-state index is -0.815. The van der Waals surface area contributed by atoms with Crippen LogP contribution in [0.3, 0.4) is 0 Å². The second kappa shape index (κ2) is 5.53. The van der Waals surface area contributed by atoms with Gasteiger partial charge in [-0.2, -0.15) is 0 Å². The van der Waals surface area contributed by atoms with Crippen molar-refractivity contribution in [2.75, 3.05) is 13.3 Å². The summed E-state index contributed by atoms with van der Waals surface area (Å²) in [5, 5.41) is 4.71. The molecule has 128 valence electrons. The molecule has 3 aromatic rings. The van der Waals surface area contributed by atoms with Gasteiger partial charge in [-0.05, 0) is 50.7 Å². The van der Waals surface area contributed by atoms with E-state index in [0.29, 0.717) is 6.42 Å². The third-order valence-corrected chi connectivity index (χ3v) is 5.60. The topological polar surface area (TPSA) is 26.3 Å². The maximum Gasteiger partial charge on any atom is 0.321 e. The summed E-state index contributed by atoms with van der Waals surface area (Å²) >= 11 is 0. The lowest BCUT2D eigenvalue weighted by Gasteiger charge is -2.26. The quantitative estimate of drug-likeness (QED) is 0.488. The number of hydrogen-bond acceptors (Lipinski definition) is 2. The summed E-state index contributed by atoms with van der Waals surface area (Å²) in [7, 11) is 0. The highest BCUT2D eigenvalue weighted by Gasteiger charge is 2.50. The van der Waals surface area contributed by atoms with Crippen LogP contribution in [0.2, 0.25) is 0 Å². The van der Waals surface area contributed by atoms with E-state index < -0.39 is 12.1 Å². The van der Waals surface area contributed by atoms with Crippen molar-refractivity contribution in [3.63, 3.8) is 0 Å². The van der Waals surface area contributed by atoms with Gasteiger partial charge in [-0.25, -0.2) is 4.39 Å². The first kappa shape index (κ1) is 15.3. The Labute approximate surface area is 150 Å². The number of fused-ring (bicyclic) bond motifs is 7. The molecule has 1 atom stereocenters. The Balaban J connectivity index is 1.76. The summed E-state index contributed by atoms with van der Waals surface area (Å²) in [6.07, 6.45) is 6.64. The third kappa shape index (κ3) is 1.88. The highest BCUT2D eigenvalue weighted by molar-refractivity contribution is 6.12. The maximum absolute atomic E-state index is 12.8. The van der Waals surface area contributed by atoms with E-state index in [1.807, 2.05) is 30.4 Å². The van der Waals surface area contributed by atoms with Crippen molar-refractivity contribution in [2.24, 2.45) is 0 Å². The van der Waals surface area contributed by atoms with Crippen LogP contribution in [0.4, 0.5) is 4.39 Å². The minimum absolute atomic E-state index is 0.193. The van der Waals surface area contributed by atoms with Crippen LogP contribution in [0.25, 0.3) is 27.6 Å². The van der Waals surface area contributed by atoms with Crippen molar-refractivity contribution < 1.29 is 13.9 Å².